The Morgan fingerprint density at radius 3 is 2.43 bits per heavy atom. The Kier molecular flexibility index (Phi) is 8.46. The summed E-state index contributed by atoms with van der Waals surface area (Å²) >= 11 is 0. The van der Waals surface area contributed by atoms with Gasteiger partial charge < -0.3 is 20.5 Å². The van der Waals surface area contributed by atoms with Crippen molar-refractivity contribution in [1.29, 1.82) is 0 Å². The lowest BCUT2D eigenvalue weighted by Gasteiger charge is -2.35. The van der Waals surface area contributed by atoms with Gasteiger partial charge in [0.15, 0.2) is 0 Å². The number of carbonyl (C=O) groups excluding carboxylic acids is 3. The quantitative estimate of drug-likeness (QED) is 0.183. The van der Waals surface area contributed by atoms with Crippen LogP contribution in [0.2, 0.25) is 0 Å². The molecule has 0 bridgehead atoms. The van der Waals surface area contributed by atoms with E-state index in [0.717, 1.165) is 57.6 Å². The molecule has 5 aromatic rings. The van der Waals surface area contributed by atoms with Crippen LogP contribution in [0, 0.1) is 12.8 Å². The lowest BCUT2D eigenvalue weighted by Crippen LogP contribution is -2.51. The van der Waals surface area contributed by atoms with Gasteiger partial charge in [0.2, 0.25) is 11.8 Å². The summed E-state index contributed by atoms with van der Waals surface area (Å²) in [5.74, 6) is -0.868. The molecular weight excluding hydrogens is 548 g/mol. The fraction of sp³-hybridized carbons (Fsp3) is 0.270. The normalized spacial score (nSPS) is 17.2. The van der Waals surface area contributed by atoms with Crippen LogP contribution in [0.3, 0.4) is 0 Å². The Labute approximate surface area is 257 Å². The highest BCUT2D eigenvalue weighted by molar-refractivity contribution is 6.07. The molecule has 1 fully saturated rings. The highest BCUT2D eigenvalue weighted by Gasteiger charge is 2.35. The van der Waals surface area contributed by atoms with Crippen LogP contribution in [0.25, 0.3) is 21.7 Å². The monoisotopic (exact) mass is 586 g/mol. The average Bonchev–Trinajstić information content (AvgIpc) is 3.49. The molecule has 0 spiro atoms. The number of hydrogen-bond donors (Lipinski definition) is 3. The van der Waals surface area contributed by atoms with E-state index in [1.807, 2.05) is 97.9 Å². The van der Waals surface area contributed by atoms with Gasteiger partial charge in [0.05, 0.1) is 17.9 Å². The number of amides is 3. The van der Waals surface area contributed by atoms with Crippen molar-refractivity contribution in [2.75, 3.05) is 7.05 Å². The first-order valence-electron chi connectivity index (χ1n) is 15.3. The topological polar surface area (TPSA) is 94.3 Å². The van der Waals surface area contributed by atoms with Crippen molar-refractivity contribution in [1.82, 2.24) is 20.5 Å². The fourth-order valence-electron chi connectivity index (χ4n) is 6.30. The minimum absolute atomic E-state index is 0.0971. The SMILES string of the molecule is Cc1ccc(CC(=O)N(C)C(NC(=O)[C@@H]2CCCC[C@@H]2NC(=O)c2c[nH]c3ccccc23)c2ccc3ccccc3c2)cc1. The zero-order chi connectivity index (χ0) is 30.6. The van der Waals surface area contributed by atoms with E-state index in [1.165, 1.54) is 0 Å². The number of carbonyl (C=O) groups is 3. The van der Waals surface area contributed by atoms with Crippen LogP contribution in [0.5, 0.6) is 0 Å². The maximum atomic E-state index is 14.1. The first-order chi connectivity index (χ1) is 21.4. The summed E-state index contributed by atoms with van der Waals surface area (Å²) in [4.78, 5) is 45.8. The van der Waals surface area contributed by atoms with Gasteiger partial charge in [-0.25, -0.2) is 0 Å². The van der Waals surface area contributed by atoms with Gasteiger partial charge >= 0.3 is 0 Å². The summed E-state index contributed by atoms with van der Waals surface area (Å²) in [6, 6.07) is 29.4. The van der Waals surface area contributed by atoms with Crippen molar-refractivity contribution in [3.8, 4) is 0 Å². The Morgan fingerprint density at radius 2 is 1.61 bits per heavy atom. The van der Waals surface area contributed by atoms with Crippen molar-refractivity contribution in [2.24, 2.45) is 5.92 Å². The van der Waals surface area contributed by atoms with Gasteiger partial charge in [-0.15, -0.1) is 0 Å². The Hall–Kier alpha value is -4.91. The van der Waals surface area contributed by atoms with E-state index >= 15 is 0 Å². The predicted molar refractivity (Wildman–Crippen MR) is 174 cm³/mol. The number of H-pyrrole nitrogens is 1. The molecule has 224 valence electrons. The van der Waals surface area contributed by atoms with Crippen LogP contribution >= 0.6 is 0 Å². The summed E-state index contributed by atoms with van der Waals surface area (Å²) < 4.78 is 0. The van der Waals surface area contributed by atoms with Gasteiger partial charge in [-0.05, 0) is 53.8 Å². The van der Waals surface area contributed by atoms with Crippen LogP contribution < -0.4 is 10.6 Å². The third-order valence-corrected chi connectivity index (χ3v) is 8.88. The van der Waals surface area contributed by atoms with E-state index in [-0.39, 0.29) is 30.2 Å². The predicted octanol–water partition coefficient (Wildman–Crippen LogP) is 6.43. The number of nitrogens with zero attached hydrogens (tertiary/aromatic N) is 1. The van der Waals surface area contributed by atoms with Gasteiger partial charge in [0.1, 0.15) is 6.17 Å². The number of likely N-dealkylation sites (N-methyl/N-ethyl adjacent to an activating group) is 1. The van der Waals surface area contributed by atoms with Crippen molar-refractivity contribution < 1.29 is 14.4 Å². The van der Waals surface area contributed by atoms with Gasteiger partial charge in [0.25, 0.3) is 5.91 Å². The van der Waals surface area contributed by atoms with Crippen molar-refractivity contribution in [3.05, 3.63) is 119 Å². The molecule has 3 N–H and O–H groups in total. The number of aromatic amines is 1. The van der Waals surface area contributed by atoms with E-state index in [1.54, 1.807) is 18.1 Å². The Balaban J connectivity index is 1.24. The summed E-state index contributed by atoms with van der Waals surface area (Å²) in [5.41, 5.74) is 4.35. The van der Waals surface area contributed by atoms with Gasteiger partial charge in [-0.3, -0.25) is 14.4 Å². The minimum atomic E-state index is -0.669. The molecule has 0 saturated heterocycles. The van der Waals surface area contributed by atoms with Gasteiger partial charge in [0, 0.05) is 30.2 Å². The highest BCUT2D eigenvalue weighted by atomic mass is 16.2. The maximum Gasteiger partial charge on any atom is 0.253 e. The van der Waals surface area contributed by atoms with Crippen molar-refractivity contribution >= 4 is 39.4 Å². The number of para-hydroxylation sites is 1. The molecule has 44 heavy (non-hydrogen) atoms. The van der Waals surface area contributed by atoms with Crippen LogP contribution in [0.4, 0.5) is 0 Å². The molecule has 4 aromatic carbocycles. The lowest BCUT2D eigenvalue weighted by atomic mass is 9.83. The number of aryl methyl sites for hydroxylation is 1. The average molecular weight is 587 g/mol. The minimum Gasteiger partial charge on any atom is -0.360 e. The molecule has 1 saturated carbocycles. The number of nitrogens with one attached hydrogen (secondary N) is 3. The second-order valence-corrected chi connectivity index (χ2v) is 11.9. The molecule has 3 amide bonds. The summed E-state index contributed by atoms with van der Waals surface area (Å²) in [7, 11) is 1.74. The highest BCUT2D eigenvalue weighted by Crippen LogP contribution is 2.29. The molecule has 3 atom stereocenters. The Morgan fingerprint density at radius 1 is 0.886 bits per heavy atom. The van der Waals surface area contributed by atoms with E-state index in [4.69, 9.17) is 0 Å². The molecule has 6 rings (SSSR count). The maximum absolute atomic E-state index is 14.1. The first kappa shape index (κ1) is 29.2. The van der Waals surface area contributed by atoms with Crippen LogP contribution in [-0.4, -0.2) is 40.7 Å². The number of hydrogen-bond acceptors (Lipinski definition) is 3. The largest absolute Gasteiger partial charge is 0.360 e. The molecule has 1 aliphatic carbocycles. The van der Waals surface area contributed by atoms with E-state index in [2.05, 4.69) is 15.6 Å². The summed E-state index contributed by atoms with van der Waals surface area (Å²) in [5, 5.41) is 9.36. The van der Waals surface area contributed by atoms with Crippen LogP contribution in [-0.2, 0) is 16.0 Å². The molecule has 1 aromatic heterocycles. The number of benzene rings is 4. The van der Waals surface area contributed by atoms with Crippen LogP contribution in [0.15, 0.2) is 97.2 Å². The molecule has 1 aliphatic rings. The second kappa shape index (κ2) is 12.8. The van der Waals surface area contributed by atoms with Crippen molar-refractivity contribution in [2.45, 2.75) is 51.2 Å². The summed E-state index contributed by atoms with van der Waals surface area (Å²) in [6.45, 7) is 2.02. The van der Waals surface area contributed by atoms with Gasteiger partial charge in [-0.2, -0.15) is 0 Å². The molecule has 7 nitrogen and oxygen atoms in total. The van der Waals surface area contributed by atoms with E-state index in [9.17, 15) is 14.4 Å². The van der Waals surface area contributed by atoms with Crippen molar-refractivity contribution in [3.63, 3.8) is 0 Å². The first-order valence-corrected chi connectivity index (χ1v) is 15.3. The standard InChI is InChI=1S/C37H38N4O3/c1-24-15-17-25(18-16-24)21-34(42)41(2)35(28-20-19-26-9-3-4-10-27(26)22-28)40-36(43)30-12-6-8-14-33(30)39-37(44)31-23-38-32-13-7-5-11-29(31)32/h3-5,7,9-11,13,15-20,22-23,30,33,35,38H,6,8,12,14,21H2,1-2H3,(H,39,44)(H,40,43)/t30-,33+,35?/m1/s1. The molecule has 1 unspecified atom stereocenters. The molecule has 7 heteroatoms. The molecular formula is C37H38N4O3. The van der Waals surface area contributed by atoms with E-state index < -0.39 is 12.1 Å². The van der Waals surface area contributed by atoms with E-state index in [0.29, 0.717) is 12.0 Å². The fourth-order valence-corrected chi connectivity index (χ4v) is 6.30. The summed E-state index contributed by atoms with van der Waals surface area (Å²) in [6.07, 6.45) is 4.50. The number of fused-ring (bicyclic) bond motifs is 2. The number of rotatable bonds is 8. The smallest absolute Gasteiger partial charge is 0.253 e. The zero-order valence-corrected chi connectivity index (χ0v) is 25.2. The molecule has 0 radical (unpaired) electrons. The third-order valence-electron chi connectivity index (χ3n) is 8.88. The number of aromatic nitrogens is 1. The van der Waals surface area contributed by atoms with Crippen LogP contribution in [0.1, 0.15) is 58.9 Å². The zero-order valence-electron chi connectivity index (χ0n) is 25.2. The molecule has 1 heterocycles. The second-order valence-electron chi connectivity index (χ2n) is 11.9. The third kappa shape index (κ3) is 6.23. The lowest BCUT2D eigenvalue weighted by molar-refractivity contribution is -0.135. The molecule has 0 aliphatic heterocycles. The Bertz CT molecular complexity index is 1810. The van der Waals surface area contributed by atoms with Gasteiger partial charge in [-0.1, -0.05) is 97.3 Å².